The Morgan fingerprint density at radius 3 is 2.16 bits per heavy atom. The van der Waals surface area contributed by atoms with Crippen LogP contribution in [0.3, 0.4) is 0 Å². The molecule has 4 aromatic rings. The summed E-state index contributed by atoms with van der Waals surface area (Å²) in [6, 6.07) is 27.7. The topological polar surface area (TPSA) is 42.2 Å². The van der Waals surface area contributed by atoms with Crippen molar-refractivity contribution in [2.75, 3.05) is 5.32 Å². The van der Waals surface area contributed by atoms with Gasteiger partial charge in [0.25, 0.3) is 0 Å². The van der Waals surface area contributed by atoms with E-state index >= 15 is 0 Å². The Morgan fingerprint density at radius 2 is 1.40 bits per heavy atom. The second-order valence-electron chi connectivity index (χ2n) is 5.46. The van der Waals surface area contributed by atoms with Gasteiger partial charge in [0.05, 0.1) is 0 Å². The van der Waals surface area contributed by atoms with Crippen LogP contribution >= 0.6 is 0 Å². The summed E-state index contributed by atoms with van der Waals surface area (Å²) in [6.07, 6.45) is 0. The number of fused-ring (bicyclic) bond motifs is 1. The first kappa shape index (κ1) is 15.9. The van der Waals surface area contributed by atoms with Crippen LogP contribution in [-0.2, 0) is 0 Å². The summed E-state index contributed by atoms with van der Waals surface area (Å²) < 4.78 is 7.50. The Bertz CT molecular complexity index is 1060. The zero-order chi connectivity index (χ0) is 17.1. The van der Waals surface area contributed by atoms with Crippen molar-refractivity contribution in [3.8, 4) is 0 Å². The summed E-state index contributed by atoms with van der Waals surface area (Å²) >= 11 is -0.657. The van der Waals surface area contributed by atoms with Gasteiger partial charge in [-0.25, -0.2) is 4.79 Å². The Labute approximate surface area is 155 Å². The Hall–Kier alpha value is -2.60. The number of benzene rings is 3. The summed E-state index contributed by atoms with van der Waals surface area (Å²) in [5.41, 5.74) is 2.16. The molecule has 0 aliphatic heterocycles. The van der Waals surface area contributed by atoms with Crippen molar-refractivity contribution < 1.29 is 25.6 Å². The predicted octanol–water partition coefficient (Wildman–Crippen LogP) is 1.66. The molecule has 0 aliphatic rings. The van der Waals surface area contributed by atoms with Crippen molar-refractivity contribution in [3.05, 3.63) is 102 Å². The maximum Gasteiger partial charge on any atom is 0.393 e. The van der Waals surface area contributed by atoms with Gasteiger partial charge in [-0.3, -0.25) is 0 Å². The fourth-order valence-corrected chi connectivity index (χ4v) is 5.01. The standard InChI is InChI=1S/C21H14INO2/c24-21-19(22-15-9-3-1-4-10-15)20(23-16-11-5-2-6-12-16)17-13-7-8-14-18(17)25-21/h1-14H/p+1. The van der Waals surface area contributed by atoms with E-state index in [1.807, 2.05) is 72.8 Å². The van der Waals surface area contributed by atoms with E-state index in [0.29, 0.717) is 5.58 Å². The second kappa shape index (κ2) is 7.11. The first-order valence-corrected chi connectivity index (χ1v) is 10.0. The summed E-state index contributed by atoms with van der Waals surface area (Å²) in [7, 11) is 0. The third-order valence-electron chi connectivity index (χ3n) is 3.74. The molecule has 4 rings (SSSR count). The fraction of sp³-hybridized carbons (Fsp3) is 0. The van der Waals surface area contributed by atoms with Crippen molar-refractivity contribution in [3.63, 3.8) is 0 Å². The van der Waals surface area contributed by atoms with Gasteiger partial charge in [0.15, 0.2) is 3.57 Å². The molecule has 0 amide bonds. The van der Waals surface area contributed by atoms with Crippen LogP contribution in [0.4, 0.5) is 11.4 Å². The van der Waals surface area contributed by atoms with Crippen molar-refractivity contribution >= 4 is 22.3 Å². The number of nitrogens with one attached hydrogen (secondary N) is 1. The Balaban J connectivity index is 1.89. The van der Waals surface area contributed by atoms with Crippen molar-refractivity contribution in [1.82, 2.24) is 0 Å². The highest BCUT2D eigenvalue weighted by atomic mass is 127. The van der Waals surface area contributed by atoms with Gasteiger partial charge in [-0.2, -0.15) is 0 Å². The van der Waals surface area contributed by atoms with Crippen LogP contribution in [0.5, 0.6) is 0 Å². The lowest BCUT2D eigenvalue weighted by Gasteiger charge is -2.08. The third kappa shape index (κ3) is 3.44. The monoisotopic (exact) mass is 440 g/mol. The van der Waals surface area contributed by atoms with E-state index in [9.17, 15) is 4.79 Å². The van der Waals surface area contributed by atoms with Crippen molar-refractivity contribution in [1.29, 1.82) is 0 Å². The largest absolute Gasteiger partial charge is 0.419 e. The second-order valence-corrected chi connectivity index (χ2v) is 8.32. The van der Waals surface area contributed by atoms with Crippen LogP contribution in [0.15, 0.2) is 94.1 Å². The molecule has 3 nitrogen and oxygen atoms in total. The van der Waals surface area contributed by atoms with Gasteiger partial charge in [-0.1, -0.05) is 48.5 Å². The Morgan fingerprint density at radius 1 is 0.760 bits per heavy atom. The molecule has 0 unspecified atom stereocenters. The van der Waals surface area contributed by atoms with E-state index < -0.39 is 21.2 Å². The van der Waals surface area contributed by atoms with Crippen LogP contribution < -0.4 is 32.1 Å². The molecular formula is C21H15INO2+. The molecule has 0 spiro atoms. The molecule has 25 heavy (non-hydrogen) atoms. The predicted molar refractivity (Wildman–Crippen MR) is 96.0 cm³/mol. The van der Waals surface area contributed by atoms with Crippen molar-refractivity contribution in [2.24, 2.45) is 0 Å². The minimum atomic E-state index is -0.657. The van der Waals surface area contributed by atoms with E-state index in [1.54, 1.807) is 0 Å². The maximum atomic E-state index is 12.7. The minimum Gasteiger partial charge on any atom is -0.419 e. The normalized spacial score (nSPS) is 10.7. The number of hydrogen-bond acceptors (Lipinski definition) is 3. The van der Waals surface area contributed by atoms with E-state index in [2.05, 4.69) is 17.4 Å². The molecule has 122 valence electrons. The van der Waals surface area contributed by atoms with E-state index in [4.69, 9.17) is 4.42 Å². The molecule has 0 bridgehead atoms. The molecule has 3 aromatic carbocycles. The van der Waals surface area contributed by atoms with Crippen molar-refractivity contribution in [2.45, 2.75) is 0 Å². The van der Waals surface area contributed by atoms with Gasteiger partial charge in [-0.15, -0.1) is 0 Å². The van der Waals surface area contributed by atoms with Gasteiger partial charge in [-0.05, 0) is 36.4 Å². The first-order valence-electron chi connectivity index (χ1n) is 7.89. The van der Waals surface area contributed by atoms with Gasteiger partial charge < -0.3 is 9.73 Å². The van der Waals surface area contributed by atoms with E-state index in [1.165, 1.54) is 3.57 Å². The minimum absolute atomic E-state index is 0.256. The number of anilines is 2. The lowest BCUT2D eigenvalue weighted by atomic mass is 10.2. The summed E-state index contributed by atoms with van der Waals surface area (Å²) in [5.74, 6) is 0. The zero-order valence-corrected chi connectivity index (χ0v) is 15.4. The highest BCUT2D eigenvalue weighted by Gasteiger charge is 2.28. The molecule has 0 aliphatic carbocycles. The number of hydrogen-bond donors (Lipinski definition) is 1. The lowest BCUT2D eigenvalue weighted by Crippen LogP contribution is -3.62. The molecule has 1 heterocycles. The van der Waals surface area contributed by atoms with Gasteiger partial charge in [0.1, 0.15) is 11.3 Å². The molecule has 0 saturated heterocycles. The average molecular weight is 440 g/mol. The first-order chi connectivity index (χ1) is 12.3. The highest BCUT2D eigenvalue weighted by Crippen LogP contribution is 2.24. The van der Waals surface area contributed by atoms with Crippen LogP contribution in [0.2, 0.25) is 0 Å². The number of rotatable bonds is 4. The van der Waals surface area contributed by atoms with Crippen LogP contribution in [-0.4, -0.2) is 0 Å². The molecule has 0 radical (unpaired) electrons. The van der Waals surface area contributed by atoms with Crippen LogP contribution in [0.1, 0.15) is 0 Å². The maximum absolute atomic E-state index is 12.7. The lowest BCUT2D eigenvalue weighted by molar-refractivity contribution is -0.598. The smallest absolute Gasteiger partial charge is 0.393 e. The summed E-state index contributed by atoms with van der Waals surface area (Å²) in [4.78, 5) is 12.7. The van der Waals surface area contributed by atoms with E-state index in [-0.39, 0.29) is 5.63 Å². The molecule has 0 atom stereocenters. The SMILES string of the molecule is O=c1oc2ccccc2c(Nc2ccccc2)c1[I+]c1ccccc1. The number of halogens is 1. The molecule has 1 N–H and O–H groups in total. The van der Waals surface area contributed by atoms with Gasteiger partial charge in [0, 0.05) is 11.1 Å². The molecule has 4 heteroatoms. The molecule has 1 aromatic heterocycles. The average Bonchev–Trinajstić information content (AvgIpc) is 2.66. The quantitative estimate of drug-likeness (QED) is 0.388. The fourth-order valence-electron chi connectivity index (χ4n) is 2.59. The molecule has 0 fully saturated rings. The highest BCUT2D eigenvalue weighted by molar-refractivity contribution is 5.91. The van der Waals surface area contributed by atoms with Gasteiger partial charge >= 0.3 is 30.4 Å². The van der Waals surface area contributed by atoms with Crippen LogP contribution in [0, 0.1) is 7.14 Å². The third-order valence-corrected chi connectivity index (χ3v) is 6.60. The summed E-state index contributed by atoms with van der Waals surface area (Å²) in [5, 5.41) is 4.37. The molecule has 0 saturated carbocycles. The molecular weight excluding hydrogens is 425 g/mol. The summed E-state index contributed by atoms with van der Waals surface area (Å²) in [6.45, 7) is 0. The van der Waals surface area contributed by atoms with Crippen LogP contribution in [0.25, 0.3) is 11.0 Å². The Kier molecular flexibility index (Phi) is 4.52. The van der Waals surface area contributed by atoms with E-state index in [0.717, 1.165) is 20.3 Å². The number of para-hydroxylation sites is 2. The zero-order valence-electron chi connectivity index (χ0n) is 13.3. The van der Waals surface area contributed by atoms with Gasteiger partial charge in [0.2, 0.25) is 0 Å².